The summed E-state index contributed by atoms with van der Waals surface area (Å²) in [7, 11) is 3.31. The Balaban J connectivity index is 1.65. The molecule has 0 saturated carbocycles. The molecule has 4 rings (SSSR count). The van der Waals surface area contributed by atoms with Crippen molar-refractivity contribution in [1.29, 1.82) is 0 Å². The van der Waals surface area contributed by atoms with Gasteiger partial charge >= 0.3 is 0 Å². The number of benzene rings is 2. The monoisotopic (exact) mass is 394 g/mol. The Morgan fingerprint density at radius 3 is 1.40 bits per heavy atom. The average Bonchev–Trinajstić information content (AvgIpc) is 2.95. The van der Waals surface area contributed by atoms with Gasteiger partial charge in [0.15, 0.2) is 0 Å². The van der Waals surface area contributed by atoms with Crippen LogP contribution in [-0.2, 0) is 0 Å². The zero-order chi connectivity index (χ0) is 20.8. The lowest BCUT2D eigenvalue weighted by Gasteiger charge is -2.00. The van der Waals surface area contributed by atoms with Gasteiger partial charge in [-0.1, -0.05) is 30.3 Å². The molecule has 0 heterocycles. The highest BCUT2D eigenvalue weighted by Gasteiger charge is 2.12. The first-order chi connectivity index (χ1) is 14.8. The predicted octanol–water partition coefficient (Wildman–Crippen LogP) is 6.31. The predicted molar refractivity (Wildman–Crippen MR) is 124 cm³/mol. The van der Waals surface area contributed by atoms with Gasteiger partial charge in [-0.05, 0) is 65.7 Å². The van der Waals surface area contributed by atoms with Gasteiger partial charge in [0.05, 0.1) is 25.6 Å². The molecule has 0 saturated heterocycles. The highest BCUT2D eigenvalue weighted by atomic mass is 16.5. The molecule has 0 amide bonds. The van der Waals surface area contributed by atoms with E-state index < -0.39 is 0 Å². The fourth-order valence-corrected chi connectivity index (χ4v) is 3.21. The number of hydrogen-bond donors (Lipinski definition) is 0. The molecule has 148 valence electrons. The number of fused-ring (bicyclic) bond motifs is 1. The van der Waals surface area contributed by atoms with Crippen molar-refractivity contribution in [3.63, 3.8) is 0 Å². The van der Waals surface area contributed by atoms with Gasteiger partial charge in [0.1, 0.15) is 11.5 Å². The van der Waals surface area contributed by atoms with E-state index in [-0.39, 0.29) is 0 Å². The Kier molecular flexibility index (Phi) is 5.85. The molecule has 0 atom stereocenters. The Morgan fingerprint density at radius 2 is 1.00 bits per heavy atom. The number of ether oxygens (including phenoxy) is 2. The smallest absolute Gasteiger partial charge is 0.119 e. The first-order valence-electron chi connectivity index (χ1n) is 9.65. The maximum Gasteiger partial charge on any atom is 0.119 e. The summed E-state index contributed by atoms with van der Waals surface area (Å²) in [6, 6.07) is 27.8. The molecule has 0 aromatic heterocycles. The molecule has 0 spiro atoms. The van der Waals surface area contributed by atoms with Gasteiger partial charge in [0.25, 0.3) is 0 Å². The molecule has 2 aliphatic carbocycles. The summed E-state index contributed by atoms with van der Waals surface area (Å²) in [5.41, 5.74) is 6.11. The third-order valence-electron chi connectivity index (χ3n) is 4.82. The van der Waals surface area contributed by atoms with Crippen molar-refractivity contribution in [3.8, 4) is 22.6 Å². The molecule has 4 nitrogen and oxygen atoms in total. The van der Waals surface area contributed by atoms with Crippen LogP contribution in [0.1, 0.15) is 11.1 Å². The fraction of sp³-hybridized carbons (Fsp3) is 0.0769. The summed E-state index contributed by atoms with van der Waals surface area (Å²) in [5.74, 6) is 1.63. The van der Waals surface area contributed by atoms with E-state index in [4.69, 9.17) is 9.47 Å². The van der Waals surface area contributed by atoms with Gasteiger partial charge in [0, 0.05) is 23.6 Å². The lowest BCUT2D eigenvalue weighted by molar-refractivity contribution is 0.415. The first-order valence-corrected chi connectivity index (χ1v) is 9.65. The minimum absolute atomic E-state index is 0.816. The SMILES string of the molecule is COc1ccc(N=Cc2cc(C=Nc3ccc(OC)cc3)c3cccccc2-3)cc1. The molecule has 4 heteroatoms. The van der Waals surface area contributed by atoms with E-state index in [2.05, 4.69) is 28.2 Å². The minimum Gasteiger partial charge on any atom is -0.497 e. The molecule has 2 aromatic carbocycles. The van der Waals surface area contributed by atoms with Crippen LogP contribution in [0, 0.1) is 0 Å². The van der Waals surface area contributed by atoms with Crippen molar-refractivity contribution in [2.75, 3.05) is 14.2 Å². The van der Waals surface area contributed by atoms with Gasteiger partial charge in [-0.15, -0.1) is 0 Å². The first kappa shape index (κ1) is 19.4. The average molecular weight is 394 g/mol. The van der Waals surface area contributed by atoms with E-state index in [1.54, 1.807) is 14.2 Å². The number of methoxy groups -OCH3 is 2. The highest BCUT2D eigenvalue weighted by molar-refractivity contribution is 6.02. The van der Waals surface area contributed by atoms with Crippen molar-refractivity contribution in [2.24, 2.45) is 9.98 Å². The molecule has 2 aromatic rings. The van der Waals surface area contributed by atoms with Crippen molar-refractivity contribution in [3.05, 3.63) is 96.1 Å². The van der Waals surface area contributed by atoms with Gasteiger partial charge in [-0.25, -0.2) is 0 Å². The summed E-state index contributed by atoms with van der Waals surface area (Å²) in [6.07, 6.45) is 3.80. The van der Waals surface area contributed by atoms with E-state index in [1.807, 2.05) is 79.2 Å². The number of rotatable bonds is 6. The summed E-state index contributed by atoms with van der Waals surface area (Å²) in [5, 5.41) is 0. The van der Waals surface area contributed by atoms with E-state index in [1.165, 1.54) is 0 Å². The molecule has 0 aliphatic heterocycles. The summed E-state index contributed by atoms with van der Waals surface area (Å²) < 4.78 is 10.4. The van der Waals surface area contributed by atoms with Crippen molar-refractivity contribution < 1.29 is 9.47 Å². The van der Waals surface area contributed by atoms with Crippen LogP contribution >= 0.6 is 0 Å². The van der Waals surface area contributed by atoms with Crippen LogP contribution in [-0.4, -0.2) is 26.6 Å². The van der Waals surface area contributed by atoms with Gasteiger partial charge < -0.3 is 9.47 Å². The molecule has 30 heavy (non-hydrogen) atoms. The second kappa shape index (κ2) is 9.05. The lowest BCUT2D eigenvalue weighted by Crippen LogP contribution is -1.81. The van der Waals surface area contributed by atoms with Crippen LogP contribution in [0.15, 0.2) is 94.9 Å². The Bertz CT molecular complexity index is 1060. The van der Waals surface area contributed by atoms with Crippen LogP contribution in [0.25, 0.3) is 11.1 Å². The zero-order valence-electron chi connectivity index (χ0n) is 16.9. The summed E-state index contributed by atoms with van der Waals surface area (Å²) in [6.45, 7) is 0. The Hall–Kier alpha value is -3.92. The second-order valence-electron chi connectivity index (χ2n) is 6.71. The van der Waals surface area contributed by atoms with E-state index in [0.717, 1.165) is 45.1 Å². The number of aliphatic imine (C=N–C) groups is 2. The van der Waals surface area contributed by atoms with Crippen molar-refractivity contribution in [1.82, 2.24) is 0 Å². The van der Waals surface area contributed by atoms with Gasteiger partial charge in [0.2, 0.25) is 0 Å². The van der Waals surface area contributed by atoms with Crippen LogP contribution in [0.5, 0.6) is 11.5 Å². The molecule has 2 aliphatic rings. The second-order valence-corrected chi connectivity index (χ2v) is 6.71. The zero-order valence-corrected chi connectivity index (χ0v) is 16.9. The van der Waals surface area contributed by atoms with Crippen LogP contribution < -0.4 is 9.47 Å². The number of hydrogen-bond acceptors (Lipinski definition) is 4. The highest BCUT2D eigenvalue weighted by Crippen LogP contribution is 2.31. The van der Waals surface area contributed by atoms with E-state index in [0.29, 0.717) is 0 Å². The number of nitrogens with zero attached hydrogens (tertiary/aromatic N) is 2. The molecule has 0 N–H and O–H groups in total. The Labute approximate surface area is 176 Å². The fourth-order valence-electron chi connectivity index (χ4n) is 3.21. The van der Waals surface area contributed by atoms with E-state index in [9.17, 15) is 0 Å². The standard InChI is InChI=1S/C26H22N2O2/c1-29-23-12-8-21(9-13-23)27-17-19-16-20(26-7-5-3-4-6-25(19)26)18-28-22-10-14-24(30-2)15-11-22/h3-18H,1-2H3. The molecule has 0 bridgehead atoms. The normalized spacial score (nSPS) is 11.4. The topological polar surface area (TPSA) is 43.2 Å². The van der Waals surface area contributed by atoms with E-state index >= 15 is 0 Å². The van der Waals surface area contributed by atoms with Crippen LogP contribution in [0.2, 0.25) is 0 Å². The molecule has 0 fully saturated rings. The molecular weight excluding hydrogens is 372 g/mol. The summed E-state index contributed by atoms with van der Waals surface area (Å²) in [4.78, 5) is 9.27. The maximum absolute atomic E-state index is 5.21. The van der Waals surface area contributed by atoms with Crippen molar-refractivity contribution in [2.45, 2.75) is 0 Å². The minimum atomic E-state index is 0.816. The third-order valence-corrected chi connectivity index (χ3v) is 4.82. The maximum atomic E-state index is 5.21. The molecule has 0 radical (unpaired) electrons. The molecule has 0 unspecified atom stereocenters. The lowest BCUT2D eigenvalue weighted by atomic mass is 10.1. The van der Waals surface area contributed by atoms with Crippen LogP contribution in [0.3, 0.4) is 0 Å². The Morgan fingerprint density at radius 1 is 0.567 bits per heavy atom. The third kappa shape index (κ3) is 4.39. The molecular formula is C26H22N2O2. The van der Waals surface area contributed by atoms with Gasteiger partial charge in [-0.3, -0.25) is 9.98 Å². The summed E-state index contributed by atoms with van der Waals surface area (Å²) >= 11 is 0. The van der Waals surface area contributed by atoms with Crippen molar-refractivity contribution >= 4 is 23.8 Å². The van der Waals surface area contributed by atoms with Crippen LogP contribution in [0.4, 0.5) is 11.4 Å². The van der Waals surface area contributed by atoms with Gasteiger partial charge in [-0.2, -0.15) is 0 Å². The quantitative estimate of drug-likeness (QED) is 0.360. The largest absolute Gasteiger partial charge is 0.497 e.